The summed E-state index contributed by atoms with van der Waals surface area (Å²) < 4.78 is 31.9. The Balaban J connectivity index is 1.88. The monoisotopic (exact) mass is 373 g/mol. The minimum atomic E-state index is -3.41. The lowest BCUT2D eigenvalue weighted by molar-refractivity contribution is 0.255. The molecule has 0 fully saturated rings. The molecule has 1 aromatic heterocycles. The molecule has 0 saturated heterocycles. The molecule has 0 radical (unpaired) electrons. The Kier molecular flexibility index (Phi) is 5.99. The van der Waals surface area contributed by atoms with E-state index in [9.17, 15) is 8.42 Å². The third-order valence-corrected chi connectivity index (χ3v) is 7.08. The van der Waals surface area contributed by atoms with Crippen LogP contribution in [0.4, 0.5) is 0 Å². The molecule has 0 spiro atoms. The van der Waals surface area contributed by atoms with Gasteiger partial charge in [0.25, 0.3) is 0 Å². The summed E-state index contributed by atoms with van der Waals surface area (Å²) in [6, 6.07) is 10.8. The van der Waals surface area contributed by atoms with Crippen LogP contribution in [0, 0.1) is 5.92 Å². The van der Waals surface area contributed by atoms with Gasteiger partial charge in [-0.1, -0.05) is 38.1 Å². The SMILES string of the molecule is CC(C)CCC(N1CCC=C(c2ccoc2)C1)S(=O)(=O)c1ccccc1. The Morgan fingerprint density at radius 1 is 1.12 bits per heavy atom. The first kappa shape index (κ1) is 18.9. The Hall–Kier alpha value is -1.85. The molecular weight excluding hydrogens is 346 g/mol. The number of sulfone groups is 1. The molecule has 0 N–H and O–H groups in total. The van der Waals surface area contributed by atoms with Crippen molar-refractivity contribution in [1.82, 2.24) is 4.90 Å². The van der Waals surface area contributed by atoms with Gasteiger partial charge in [-0.3, -0.25) is 4.90 Å². The molecule has 26 heavy (non-hydrogen) atoms. The molecule has 1 atom stereocenters. The van der Waals surface area contributed by atoms with E-state index >= 15 is 0 Å². The lowest BCUT2D eigenvalue weighted by Crippen LogP contribution is -2.44. The van der Waals surface area contributed by atoms with Crippen molar-refractivity contribution >= 4 is 15.4 Å². The van der Waals surface area contributed by atoms with E-state index in [-0.39, 0.29) is 0 Å². The molecule has 0 bridgehead atoms. The van der Waals surface area contributed by atoms with Crippen LogP contribution in [0.25, 0.3) is 5.57 Å². The molecule has 1 unspecified atom stereocenters. The lowest BCUT2D eigenvalue weighted by Gasteiger charge is -2.34. The Bertz CT molecular complexity index is 823. The standard InChI is InChI=1S/C21H27NO3S/c1-17(2)10-11-21(26(23,24)20-8-4-3-5-9-20)22-13-6-7-18(15-22)19-12-14-25-16-19/h3-5,7-9,12,14,16-17,21H,6,10-11,13,15H2,1-2H3. The van der Waals surface area contributed by atoms with Gasteiger partial charge in [-0.2, -0.15) is 0 Å². The lowest BCUT2D eigenvalue weighted by atomic mass is 10.0. The quantitative estimate of drug-likeness (QED) is 0.711. The summed E-state index contributed by atoms with van der Waals surface area (Å²) in [5.74, 6) is 0.470. The van der Waals surface area contributed by atoms with E-state index in [1.165, 1.54) is 0 Å². The molecule has 140 valence electrons. The molecule has 5 heteroatoms. The van der Waals surface area contributed by atoms with Crippen LogP contribution in [0.15, 0.2) is 64.3 Å². The maximum atomic E-state index is 13.4. The number of hydrogen-bond acceptors (Lipinski definition) is 4. The minimum Gasteiger partial charge on any atom is -0.472 e. The second-order valence-electron chi connectivity index (χ2n) is 7.28. The number of hydrogen-bond donors (Lipinski definition) is 0. The Morgan fingerprint density at radius 3 is 2.54 bits per heavy atom. The first-order chi connectivity index (χ1) is 12.5. The van der Waals surface area contributed by atoms with E-state index in [4.69, 9.17) is 4.42 Å². The second kappa shape index (κ2) is 8.23. The average Bonchev–Trinajstić information content (AvgIpc) is 3.17. The van der Waals surface area contributed by atoms with Gasteiger partial charge >= 0.3 is 0 Å². The van der Waals surface area contributed by atoms with Crippen LogP contribution in [-0.4, -0.2) is 31.8 Å². The van der Waals surface area contributed by atoms with Gasteiger partial charge in [0.05, 0.1) is 17.4 Å². The van der Waals surface area contributed by atoms with E-state index in [1.807, 2.05) is 12.1 Å². The fourth-order valence-corrected chi connectivity index (χ4v) is 5.32. The van der Waals surface area contributed by atoms with Crippen molar-refractivity contribution in [2.45, 2.75) is 43.4 Å². The molecule has 4 nitrogen and oxygen atoms in total. The molecule has 1 aliphatic heterocycles. The highest BCUT2D eigenvalue weighted by Crippen LogP contribution is 2.29. The smallest absolute Gasteiger partial charge is 0.194 e. The molecule has 2 heterocycles. The van der Waals surface area contributed by atoms with Gasteiger partial charge in [-0.25, -0.2) is 8.42 Å². The number of benzene rings is 1. The Morgan fingerprint density at radius 2 is 1.88 bits per heavy atom. The summed E-state index contributed by atoms with van der Waals surface area (Å²) in [7, 11) is -3.41. The predicted molar refractivity (Wildman–Crippen MR) is 104 cm³/mol. The molecule has 0 aliphatic carbocycles. The summed E-state index contributed by atoms with van der Waals surface area (Å²) in [5.41, 5.74) is 2.18. The van der Waals surface area contributed by atoms with Gasteiger partial charge in [-0.05, 0) is 49.0 Å². The molecular formula is C21H27NO3S. The summed E-state index contributed by atoms with van der Waals surface area (Å²) in [4.78, 5) is 2.53. The predicted octanol–water partition coefficient (Wildman–Crippen LogP) is 4.60. The van der Waals surface area contributed by atoms with Crippen molar-refractivity contribution in [1.29, 1.82) is 0 Å². The van der Waals surface area contributed by atoms with Gasteiger partial charge in [-0.15, -0.1) is 0 Å². The van der Waals surface area contributed by atoms with Crippen molar-refractivity contribution < 1.29 is 12.8 Å². The van der Waals surface area contributed by atoms with Gasteiger partial charge in [0.2, 0.25) is 0 Å². The summed E-state index contributed by atoms with van der Waals surface area (Å²) >= 11 is 0. The van der Waals surface area contributed by atoms with E-state index in [2.05, 4.69) is 24.8 Å². The average molecular weight is 374 g/mol. The highest BCUT2D eigenvalue weighted by Gasteiger charge is 2.34. The fraction of sp³-hybridized carbons (Fsp3) is 0.429. The van der Waals surface area contributed by atoms with Crippen LogP contribution in [0.1, 0.15) is 38.7 Å². The third-order valence-electron chi connectivity index (χ3n) is 4.90. The van der Waals surface area contributed by atoms with Gasteiger partial charge in [0, 0.05) is 18.7 Å². The fourth-order valence-electron chi connectivity index (χ4n) is 3.45. The molecule has 1 aliphatic rings. The zero-order valence-electron chi connectivity index (χ0n) is 15.5. The normalized spacial score (nSPS) is 17.3. The highest BCUT2D eigenvalue weighted by molar-refractivity contribution is 7.92. The zero-order valence-corrected chi connectivity index (χ0v) is 16.3. The molecule has 1 aromatic carbocycles. The molecule has 3 rings (SSSR count). The van der Waals surface area contributed by atoms with Crippen molar-refractivity contribution in [2.75, 3.05) is 13.1 Å². The van der Waals surface area contributed by atoms with Crippen LogP contribution in [0.3, 0.4) is 0 Å². The molecule has 0 amide bonds. The number of rotatable bonds is 7. The van der Waals surface area contributed by atoms with Gasteiger partial charge in [0.1, 0.15) is 5.37 Å². The Labute approximate surface area is 156 Å². The highest BCUT2D eigenvalue weighted by atomic mass is 32.2. The van der Waals surface area contributed by atoms with Crippen molar-refractivity contribution in [3.05, 3.63) is 60.6 Å². The topological polar surface area (TPSA) is 50.5 Å². The summed E-state index contributed by atoms with van der Waals surface area (Å²) in [6.07, 6.45) is 7.96. The minimum absolute atomic E-state index is 0.410. The van der Waals surface area contributed by atoms with Gasteiger partial charge in [0.15, 0.2) is 9.84 Å². The largest absolute Gasteiger partial charge is 0.472 e. The van der Waals surface area contributed by atoms with E-state index < -0.39 is 15.2 Å². The van der Waals surface area contributed by atoms with Gasteiger partial charge < -0.3 is 4.42 Å². The van der Waals surface area contributed by atoms with Crippen LogP contribution in [0.2, 0.25) is 0 Å². The summed E-state index contributed by atoms with van der Waals surface area (Å²) in [5, 5.41) is -0.497. The maximum absolute atomic E-state index is 13.4. The van der Waals surface area contributed by atoms with E-state index in [0.717, 1.165) is 30.5 Å². The van der Waals surface area contributed by atoms with Crippen molar-refractivity contribution in [2.24, 2.45) is 5.92 Å². The van der Waals surface area contributed by atoms with E-state index in [0.29, 0.717) is 23.8 Å². The summed E-state index contributed by atoms with van der Waals surface area (Å²) in [6.45, 7) is 5.67. The van der Waals surface area contributed by atoms with Crippen molar-refractivity contribution in [3.63, 3.8) is 0 Å². The van der Waals surface area contributed by atoms with Crippen molar-refractivity contribution in [3.8, 4) is 0 Å². The van der Waals surface area contributed by atoms with Crippen LogP contribution < -0.4 is 0 Å². The van der Waals surface area contributed by atoms with Crippen LogP contribution >= 0.6 is 0 Å². The van der Waals surface area contributed by atoms with E-state index in [1.54, 1.807) is 36.8 Å². The zero-order chi connectivity index (χ0) is 18.6. The molecule has 2 aromatic rings. The second-order valence-corrected chi connectivity index (χ2v) is 9.39. The van der Waals surface area contributed by atoms with Crippen LogP contribution in [0.5, 0.6) is 0 Å². The number of nitrogens with zero attached hydrogens (tertiary/aromatic N) is 1. The van der Waals surface area contributed by atoms with Crippen LogP contribution in [-0.2, 0) is 9.84 Å². The number of furan rings is 1. The first-order valence-corrected chi connectivity index (χ1v) is 10.8. The molecule has 0 saturated carbocycles. The third kappa shape index (κ3) is 4.27. The maximum Gasteiger partial charge on any atom is 0.194 e. The first-order valence-electron chi connectivity index (χ1n) is 9.23.